The molecule has 0 saturated heterocycles. The summed E-state index contributed by atoms with van der Waals surface area (Å²) in [5.41, 5.74) is 4.80. The van der Waals surface area contributed by atoms with Gasteiger partial charge in [0.15, 0.2) is 11.5 Å². The third-order valence-electron chi connectivity index (χ3n) is 4.08. The Morgan fingerprint density at radius 2 is 1.90 bits per heavy atom. The summed E-state index contributed by atoms with van der Waals surface area (Å²) in [5, 5.41) is 0. The molecule has 0 atom stereocenters. The minimum Gasteiger partial charge on any atom is -0.493 e. The molecule has 2 heterocycles. The highest BCUT2D eigenvalue weighted by Gasteiger charge is 2.38. The topological polar surface area (TPSA) is 30.8 Å². The molecule has 2 aliphatic rings. The molecule has 0 amide bonds. The monoisotopic (exact) mass is 273 g/mol. The van der Waals surface area contributed by atoms with E-state index in [4.69, 9.17) is 14.5 Å². The number of benzene rings is 1. The Labute approximate surface area is 121 Å². The van der Waals surface area contributed by atoms with E-state index >= 15 is 0 Å². The lowest BCUT2D eigenvalue weighted by atomic mass is 9.83. The fraction of sp³-hybridized carbons (Fsp3) is 0.588. The van der Waals surface area contributed by atoms with Gasteiger partial charge in [-0.05, 0) is 52.7 Å². The van der Waals surface area contributed by atoms with Crippen LogP contribution >= 0.6 is 0 Å². The van der Waals surface area contributed by atoms with E-state index in [1.807, 2.05) is 0 Å². The molecule has 0 aromatic heterocycles. The molecular formula is C17H23NO2. The van der Waals surface area contributed by atoms with E-state index in [1.54, 1.807) is 7.11 Å². The lowest BCUT2D eigenvalue weighted by Crippen LogP contribution is -2.29. The largest absolute Gasteiger partial charge is 0.493 e. The van der Waals surface area contributed by atoms with Crippen molar-refractivity contribution < 1.29 is 9.47 Å². The van der Waals surface area contributed by atoms with Gasteiger partial charge in [0, 0.05) is 23.3 Å². The van der Waals surface area contributed by atoms with Crippen LogP contribution in [0.4, 0.5) is 0 Å². The van der Waals surface area contributed by atoms with E-state index in [0.717, 1.165) is 30.1 Å². The third-order valence-corrected chi connectivity index (χ3v) is 4.08. The van der Waals surface area contributed by atoms with Gasteiger partial charge in [0.25, 0.3) is 0 Å². The van der Waals surface area contributed by atoms with Gasteiger partial charge in [-0.3, -0.25) is 4.99 Å². The number of hydrogen-bond donors (Lipinski definition) is 0. The number of ether oxygens (including phenoxy) is 2. The second kappa shape index (κ2) is 4.00. The fourth-order valence-corrected chi connectivity index (χ4v) is 3.53. The molecule has 0 aliphatic carbocycles. The quantitative estimate of drug-likeness (QED) is 0.783. The van der Waals surface area contributed by atoms with Crippen molar-refractivity contribution in [1.82, 2.24) is 0 Å². The van der Waals surface area contributed by atoms with E-state index in [2.05, 4.69) is 40.7 Å². The Kier molecular flexibility index (Phi) is 2.69. The minimum atomic E-state index is -0.169. The average Bonchev–Trinajstić information content (AvgIpc) is 2.60. The van der Waals surface area contributed by atoms with Crippen LogP contribution in [0.25, 0.3) is 0 Å². The smallest absolute Gasteiger partial charge is 0.166 e. The Balaban J connectivity index is 2.24. The summed E-state index contributed by atoms with van der Waals surface area (Å²) in [7, 11) is 1.71. The van der Waals surface area contributed by atoms with Crippen LogP contribution in [-0.4, -0.2) is 24.0 Å². The summed E-state index contributed by atoms with van der Waals surface area (Å²) in [6.45, 7) is 10.7. The van der Waals surface area contributed by atoms with E-state index in [0.29, 0.717) is 0 Å². The van der Waals surface area contributed by atoms with Gasteiger partial charge in [0.2, 0.25) is 0 Å². The molecule has 3 rings (SSSR count). The van der Waals surface area contributed by atoms with Crippen molar-refractivity contribution in [2.45, 2.75) is 58.6 Å². The molecule has 0 fully saturated rings. The molecule has 3 nitrogen and oxygen atoms in total. The number of methoxy groups -OCH3 is 1. The molecule has 108 valence electrons. The van der Waals surface area contributed by atoms with E-state index < -0.39 is 0 Å². The van der Waals surface area contributed by atoms with Crippen molar-refractivity contribution in [1.29, 1.82) is 0 Å². The lowest BCUT2D eigenvalue weighted by Gasteiger charge is -2.29. The molecule has 0 bridgehead atoms. The molecule has 0 saturated carbocycles. The molecule has 0 N–H and O–H groups in total. The molecule has 0 radical (unpaired) electrons. The van der Waals surface area contributed by atoms with E-state index in [-0.39, 0.29) is 11.1 Å². The molecule has 0 spiro atoms. The zero-order valence-electron chi connectivity index (χ0n) is 13.3. The van der Waals surface area contributed by atoms with Crippen molar-refractivity contribution in [3.63, 3.8) is 0 Å². The van der Waals surface area contributed by atoms with Crippen LogP contribution in [-0.2, 0) is 12.8 Å². The molecule has 0 unspecified atom stereocenters. The number of nitrogens with zero attached hydrogens (tertiary/aromatic N) is 1. The maximum Gasteiger partial charge on any atom is 0.166 e. The van der Waals surface area contributed by atoms with E-state index in [9.17, 15) is 0 Å². The SMILES string of the molecule is COc1cc2c(c3c1OC(C)(C)C3)C(C)=NC(C)(C)C2. The maximum absolute atomic E-state index is 6.10. The summed E-state index contributed by atoms with van der Waals surface area (Å²) < 4.78 is 11.7. The normalized spacial score (nSPS) is 21.6. The first kappa shape index (κ1) is 13.5. The summed E-state index contributed by atoms with van der Waals surface area (Å²) in [6, 6.07) is 2.13. The van der Waals surface area contributed by atoms with Gasteiger partial charge >= 0.3 is 0 Å². The van der Waals surface area contributed by atoms with Crippen molar-refractivity contribution in [2.75, 3.05) is 7.11 Å². The zero-order valence-corrected chi connectivity index (χ0v) is 13.3. The van der Waals surface area contributed by atoms with Crippen LogP contribution in [0.3, 0.4) is 0 Å². The van der Waals surface area contributed by atoms with E-state index in [1.165, 1.54) is 16.7 Å². The van der Waals surface area contributed by atoms with Gasteiger partial charge < -0.3 is 9.47 Å². The first-order valence-corrected chi connectivity index (χ1v) is 7.21. The Morgan fingerprint density at radius 3 is 2.55 bits per heavy atom. The van der Waals surface area contributed by atoms with Gasteiger partial charge in [0.1, 0.15) is 5.60 Å². The summed E-state index contributed by atoms with van der Waals surface area (Å²) in [5.74, 6) is 1.76. The number of aliphatic imine (C=N–C) groups is 1. The van der Waals surface area contributed by atoms with Gasteiger partial charge in [-0.2, -0.15) is 0 Å². The lowest BCUT2D eigenvalue weighted by molar-refractivity contribution is 0.134. The minimum absolute atomic E-state index is 0.0364. The van der Waals surface area contributed by atoms with Crippen LogP contribution < -0.4 is 9.47 Å². The fourth-order valence-electron chi connectivity index (χ4n) is 3.53. The number of fused-ring (bicyclic) bond motifs is 3. The first-order chi connectivity index (χ1) is 9.22. The average molecular weight is 273 g/mol. The predicted octanol–water partition coefficient (Wildman–Crippen LogP) is 3.55. The zero-order chi connectivity index (χ0) is 14.7. The third kappa shape index (κ3) is 2.00. The van der Waals surface area contributed by atoms with Crippen molar-refractivity contribution in [2.24, 2.45) is 4.99 Å². The molecule has 1 aromatic rings. The van der Waals surface area contributed by atoms with Gasteiger partial charge in [-0.25, -0.2) is 0 Å². The number of hydrogen-bond acceptors (Lipinski definition) is 3. The Hall–Kier alpha value is -1.51. The summed E-state index contributed by atoms with van der Waals surface area (Å²) >= 11 is 0. The van der Waals surface area contributed by atoms with Gasteiger partial charge in [-0.15, -0.1) is 0 Å². The van der Waals surface area contributed by atoms with Crippen LogP contribution in [0.2, 0.25) is 0 Å². The highest BCUT2D eigenvalue weighted by atomic mass is 16.5. The highest BCUT2D eigenvalue weighted by Crippen LogP contribution is 2.47. The molecule has 3 heteroatoms. The molecular weight excluding hydrogens is 250 g/mol. The second-order valence-electron chi connectivity index (χ2n) is 7.15. The predicted molar refractivity (Wildman–Crippen MR) is 81.4 cm³/mol. The Morgan fingerprint density at radius 1 is 1.20 bits per heavy atom. The number of rotatable bonds is 1. The molecule has 1 aromatic carbocycles. The van der Waals surface area contributed by atoms with Crippen LogP contribution in [0, 0.1) is 0 Å². The molecule has 20 heavy (non-hydrogen) atoms. The summed E-state index contributed by atoms with van der Waals surface area (Å²) in [6.07, 6.45) is 1.86. The highest BCUT2D eigenvalue weighted by molar-refractivity contribution is 6.03. The second-order valence-corrected chi connectivity index (χ2v) is 7.15. The van der Waals surface area contributed by atoms with Crippen LogP contribution in [0.15, 0.2) is 11.1 Å². The standard InChI is InChI=1S/C17H23NO2/c1-10-14-11(8-16(2,3)18-10)7-13(19-6)15-12(14)9-17(4,5)20-15/h7H,8-9H2,1-6H3. The Bertz CT molecular complexity index is 612. The van der Waals surface area contributed by atoms with Gasteiger partial charge in [-0.1, -0.05) is 0 Å². The molecule has 2 aliphatic heterocycles. The first-order valence-electron chi connectivity index (χ1n) is 7.21. The van der Waals surface area contributed by atoms with Crippen LogP contribution in [0.5, 0.6) is 11.5 Å². The van der Waals surface area contributed by atoms with Gasteiger partial charge in [0.05, 0.1) is 12.6 Å². The van der Waals surface area contributed by atoms with Crippen molar-refractivity contribution in [3.05, 3.63) is 22.8 Å². The maximum atomic E-state index is 6.10. The van der Waals surface area contributed by atoms with Crippen LogP contribution in [0.1, 0.15) is 51.3 Å². The summed E-state index contributed by atoms with van der Waals surface area (Å²) in [4.78, 5) is 4.86. The van der Waals surface area contributed by atoms with Crippen molar-refractivity contribution in [3.8, 4) is 11.5 Å². The van der Waals surface area contributed by atoms with Crippen molar-refractivity contribution >= 4 is 5.71 Å².